The predicted molar refractivity (Wildman–Crippen MR) is 99.4 cm³/mol. The number of ketones is 1. The molecule has 122 valence electrons. The van der Waals surface area contributed by atoms with Crippen LogP contribution in [-0.2, 0) is 0 Å². The summed E-state index contributed by atoms with van der Waals surface area (Å²) in [4.78, 5) is 12.2. The van der Waals surface area contributed by atoms with Gasteiger partial charge in [-0.15, -0.1) is 6.42 Å². The van der Waals surface area contributed by atoms with Crippen LogP contribution in [0.5, 0.6) is 11.5 Å². The third kappa shape index (κ3) is 5.00. The molecule has 0 aliphatic carbocycles. The molecule has 0 aliphatic heterocycles. The van der Waals surface area contributed by atoms with E-state index >= 15 is 0 Å². The maximum Gasteiger partial charge on any atom is 0.185 e. The van der Waals surface area contributed by atoms with Crippen LogP contribution in [0, 0.1) is 12.3 Å². The van der Waals surface area contributed by atoms with Gasteiger partial charge >= 0.3 is 0 Å². The number of benzene rings is 2. The molecule has 0 N–H and O–H groups in total. The SMILES string of the molecule is C#CCOc1ccc(/C=C/C(=O)c2cccc(Br)c2)cc1OCC. The summed E-state index contributed by atoms with van der Waals surface area (Å²) in [5.41, 5.74) is 1.47. The van der Waals surface area contributed by atoms with Gasteiger partial charge in [0.15, 0.2) is 17.3 Å². The second-order valence-corrected chi connectivity index (χ2v) is 5.76. The van der Waals surface area contributed by atoms with Gasteiger partial charge in [-0.25, -0.2) is 0 Å². The Balaban J connectivity index is 2.18. The van der Waals surface area contributed by atoms with Crippen molar-refractivity contribution in [2.75, 3.05) is 13.2 Å². The van der Waals surface area contributed by atoms with E-state index in [1.54, 1.807) is 24.3 Å². The zero-order valence-electron chi connectivity index (χ0n) is 13.3. The molecule has 4 heteroatoms. The highest BCUT2D eigenvalue weighted by Crippen LogP contribution is 2.29. The summed E-state index contributed by atoms with van der Waals surface area (Å²) < 4.78 is 11.9. The molecule has 0 radical (unpaired) electrons. The molecule has 2 aromatic rings. The highest BCUT2D eigenvalue weighted by Gasteiger charge is 2.06. The van der Waals surface area contributed by atoms with E-state index in [0.717, 1.165) is 10.0 Å². The lowest BCUT2D eigenvalue weighted by Crippen LogP contribution is -1.99. The topological polar surface area (TPSA) is 35.5 Å². The highest BCUT2D eigenvalue weighted by molar-refractivity contribution is 9.10. The summed E-state index contributed by atoms with van der Waals surface area (Å²) >= 11 is 3.36. The molecule has 0 atom stereocenters. The second-order valence-electron chi connectivity index (χ2n) is 4.84. The van der Waals surface area contributed by atoms with Gasteiger partial charge in [0.05, 0.1) is 6.61 Å². The van der Waals surface area contributed by atoms with Crippen LogP contribution in [0.4, 0.5) is 0 Å². The molecule has 0 amide bonds. The zero-order valence-corrected chi connectivity index (χ0v) is 14.9. The van der Waals surface area contributed by atoms with E-state index in [1.807, 2.05) is 31.2 Å². The molecule has 0 aromatic heterocycles. The molecule has 0 saturated carbocycles. The summed E-state index contributed by atoms with van der Waals surface area (Å²) in [6.45, 7) is 2.58. The van der Waals surface area contributed by atoms with Gasteiger partial charge in [-0.05, 0) is 42.8 Å². The molecule has 0 aliphatic rings. The van der Waals surface area contributed by atoms with E-state index in [9.17, 15) is 4.79 Å². The number of terminal acetylenes is 1. The van der Waals surface area contributed by atoms with E-state index in [1.165, 1.54) is 6.08 Å². The van der Waals surface area contributed by atoms with E-state index in [4.69, 9.17) is 15.9 Å². The summed E-state index contributed by atoms with van der Waals surface area (Å²) in [5.74, 6) is 3.54. The number of carbonyl (C=O) groups is 1. The molecule has 0 unspecified atom stereocenters. The standard InChI is InChI=1S/C20H17BrO3/c1-3-12-24-19-11-9-15(13-20(19)23-4-2)8-10-18(22)16-6-5-7-17(21)14-16/h1,5-11,13-14H,4,12H2,2H3/b10-8+. The Hall–Kier alpha value is -2.51. The Labute approximate surface area is 150 Å². The summed E-state index contributed by atoms with van der Waals surface area (Å²) in [6, 6.07) is 12.7. The maximum absolute atomic E-state index is 12.2. The Bertz CT molecular complexity index is 788. The quantitative estimate of drug-likeness (QED) is 0.392. The molecular weight excluding hydrogens is 368 g/mol. The van der Waals surface area contributed by atoms with Crippen LogP contribution in [0.25, 0.3) is 6.08 Å². The van der Waals surface area contributed by atoms with E-state index in [-0.39, 0.29) is 12.4 Å². The largest absolute Gasteiger partial charge is 0.490 e. The monoisotopic (exact) mass is 384 g/mol. The van der Waals surface area contributed by atoms with Crippen molar-refractivity contribution in [1.82, 2.24) is 0 Å². The average molecular weight is 385 g/mol. The highest BCUT2D eigenvalue weighted by atomic mass is 79.9. The molecule has 0 saturated heterocycles. The molecule has 0 bridgehead atoms. The van der Waals surface area contributed by atoms with Gasteiger partial charge < -0.3 is 9.47 Å². The number of allylic oxidation sites excluding steroid dienone is 1. The Morgan fingerprint density at radius 1 is 1.21 bits per heavy atom. The van der Waals surface area contributed by atoms with E-state index in [0.29, 0.717) is 23.7 Å². The van der Waals surface area contributed by atoms with Crippen molar-refractivity contribution in [1.29, 1.82) is 0 Å². The third-order valence-electron chi connectivity index (χ3n) is 3.11. The van der Waals surface area contributed by atoms with E-state index < -0.39 is 0 Å². The first-order chi connectivity index (χ1) is 11.6. The lowest BCUT2D eigenvalue weighted by atomic mass is 10.1. The van der Waals surface area contributed by atoms with Crippen molar-refractivity contribution in [3.8, 4) is 23.8 Å². The molecular formula is C20H17BrO3. The molecule has 3 nitrogen and oxygen atoms in total. The molecule has 2 aromatic carbocycles. The molecule has 24 heavy (non-hydrogen) atoms. The molecule has 0 fully saturated rings. The first kappa shape index (κ1) is 17.8. The number of carbonyl (C=O) groups excluding carboxylic acids is 1. The lowest BCUT2D eigenvalue weighted by molar-refractivity contribution is 0.104. The summed E-state index contributed by atoms with van der Waals surface area (Å²) in [5, 5.41) is 0. The van der Waals surface area contributed by atoms with Crippen molar-refractivity contribution in [2.24, 2.45) is 0 Å². The van der Waals surface area contributed by atoms with E-state index in [2.05, 4.69) is 21.9 Å². The van der Waals surface area contributed by atoms with Crippen LogP contribution in [-0.4, -0.2) is 19.0 Å². The minimum absolute atomic E-state index is 0.0677. The van der Waals surface area contributed by atoms with Crippen LogP contribution in [0.1, 0.15) is 22.8 Å². The van der Waals surface area contributed by atoms with Crippen LogP contribution >= 0.6 is 15.9 Å². The van der Waals surface area contributed by atoms with Crippen molar-refractivity contribution >= 4 is 27.8 Å². The van der Waals surface area contributed by atoms with Gasteiger partial charge in [0.25, 0.3) is 0 Å². The number of hydrogen-bond donors (Lipinski definition) is 0. The Morgan fingerprint density at radius 3 is 2.75 bits per heavy atom. The predicted octanol–water partition coefficient (Wildman–Crippen LogP) is 4.76. The summed E-state index contributed by atoms with van der Waals surface area (Å²) in [7, 11) is 0. The van der Waals surface area contributed by atoms with Crippen molar-refractivity contribution in [3.63, 3.8) is 0 Å². The minimum Gasteiger partial charge on any atom is -0.490 e. The third-order valence-corrected chi connectivity index (χ3v) is 3.61. The molecule has 2 rings (SSSR count). The van der Waals surface area contributed by atoms with Crippen LogP contribution in [0.15, 0.2) is 53.0 Å². The smallest absolute Gasteiger partial charge is 0.185 e. The van der Waals surface area contributed by atoms with Crippen LogP contribution in [0.2, 0.25) is 0 Å². The fraction of sp³-hybridized carbons (Fsp3) is 0.150. The van der Waals surface area contributed by atoms with Crippen molar-refractivity contribution in [3.05, 3.63) is 64.1 Å². The zero-order chi connectivity index (χ0) is 17.4. The van der Waals surface area contributed by atoms with Crippen LogP contribution < -0.4 is 9.47 Å². The van der Waals surface area contributed by atoms with Gasteiger partial charge in [0.1, 0.15) is 6.61 Å². The fourth-order valence-corrected chi connectivity index (χ4v) is 2.44. The van der Waals surface area contributed by atoms with Gasteiger partial charge in [-0.2, -0.15) is 0 Å². The van der Waals surface area contributed by atoms with Gasteiger partial charge in [0.2, 0.25) is 0 Å². The lowest BCUT2D eigenvalue weighted by Gasteiger charge is -2.10. The molecule has 0 heterocycles. The first-order valence-corrected chi connectivity index (χ1v) is 8.24. The minimum atomic E-state index is -0.0677. The number of rotatable bonds is 7. The number of halogens is 1. The number of ether oxygens (including phenoxy) is 2. The van der Waals surface area contributed by atoms with Crippen molar-refractivity contribution < 1.29 is 14.3 Å². The van der Waals surface area contributed by atoms with Gasteiger partial charge in [-0.3, -0.25) is 4.79 Å². The van der Waals surface area contributed by atoms with Gasteiger partial charge in [0, 0.05) is 10.0 Å². The van der Waals surface area contributed by atoms with Crippen LogP contribution in [0.3, 0.4) is 0 Å². The fourth-order valence-electron chi connectivity index (χ4n) is 2.05. The molecule has 0 spiro atoms. The maximum atomic E-state index is 12.2. The second kappa shape index (κ2) is 8.95. The van der Waals surface area contributed by atoms with Crippen molar-refractivity contribution in [2.45, 2.75) is 6.92 Å². The Morgan fingerprint density at radius 2 is 2.04 bits per heavy atom. The first-order valence-electron chi connectivity index (χ1n) is 7.45. The average Bonchev–Trinajstić information content (AvgIpc) is 2.59. The van der Waals surface area contributed by atoms with Gasteiger partial charge in [-0.1, -0.05) is 46.1 Å². The Kier molecular flexibility index (Phi) is 6.65. The summed E-state index contributed by atoms with van der Waals surface area (Å²) in [6.07, 6.45) is 8.49. The normalized spacial score (nSPS) is 10.4. The number of hydrogen-bond acceptors (Lipinski definition) is 3.